The summed E-state index contributed by atoms with van der Waals surface area (Å²) in [6, 6.07) is 9.49. The van der Waals surface area contributed by atoms with Crippen LogP contribution in [-0.2, 0) is 4.79 Å². The summed E-state index contributed by atoms with van der Waals surface area (Å²) in [7, 11) is 0. The molecule has 1 aromatic carbocycles. The van der Waals surface area contributed by atoms with Crippen molar-refractivity contribution in [2.45, 2.75) is 32.3 Å². The highest BCUT2D eigenvalue weighted by Gasteiger charge is 2.19. The van der Waals surface area contributed by atoms with Crippen molar-refractivity contribution in [1.82, 2.24) is 25.1 Å². The molecule has 1 amide bonds. The molecular formula is C21H24ClN5OS. The number of carbonyl (C=O) groups excluding carboxylic acids is 1. The highest BCUT2D eigenvalue weighted by atomic mass is 35.5. The fraction of sp³-hybridized carbons (Fsp3) is 0.333. The van der Waals surface area contributed by atoms with Gasteiger partial charge >= 0.3 is 0 Å². The number of carbonyl (C=O) groups is 1. The van der Waals surface area contributed by atoms with Gasteiger partial charge in [0.1, 0.15) is 0 Å². The Labute approximate surface area is 180 Å². The van der Waals surface area contributed by atoms with Gasteiger partial charge < -0.3 is 5.32 Å². The lowest BCUT2D eigenvalue weighted by molar-refractivity contribution is -0.118. The topological polar surface area (TPSA) is 72.7 Å². The Kier molecular flexibility index (Phi) is 7.28. The molecular weight excluding hydrogens is 406 g/mol. The normalized spacial score (nSPS) is 11.1. The zero-order chi connectivity index (χ0) is 20.8. The number of thioether (sulfide) groups is 1. The molecule has 2 aromatic heterocycles. The van der Waals surface area contributed by atoms with Gasteiger partial charge in [0.25, 0.3) is 0 Å². The third kappa shape index (κ3) is 5.36. The first-order valence-electron chi connectivity index (χ1n) is 9.48. The maximum Gasteiger partial charge on any atom is 0.230 e. The SMILES string of the molecule is Cc1c(Cl)cccc1-n1c(SCC(=O)NCCC(C)C)nnc1-c1ccncc1. The molecule has 0 radical (unpaired) electrons. The molecule has 0 spiro atoms. The quantitative estimate of drug-likeness (QED) is 0.532. The fourth-order valence-corrected chi connectivity index (χ4v) is 3.73. The molecule has 1 N–H and O–H groups in total. The van der Waals surface area contributed by atoms with E-state index in [-0.39, 0.29) is 11.7 Å². The number of amides is 1. The summed E-state index contributed by atoms with van der Waals surface area (Å²) < 4.78 is 1.95. The predicted molar refractivity (Wildman–Crippen MR) is 118 cm³/mol. The van der Waals surface area contributed by atoms with E-state index in [1.807, 2.05) is 41.8 Å². The first kappa shape index (κ1) is 21.3. The van der Waals surface area contributed by atoms with Crippen LogP contribution in [-0.4, -0.2) is 38.0 Å². The molecule has 0 unspecified atom stereocenters. The Morgan fingerprint density at radius 1 is 1.21 bits per heavy atom. The summed E-state index contributed by atoms with van der Waals surface area (Å²) in [6.45, 7) is 6.91. The summed E-state index contributed by atoms with van der Waals surface area (Å²) in [5, 5.41) is 13.0. The summed E-state index contributed by atoms with van der Waals surface area (Å²) in [5.41, 5.74) is 2.70. The van der Waals surface area contributed by atoms with E-state index in [2.05, 4.69) is 34.3 Å². The lowest BCUT2D eigenvalue weighted by Crippen LogP contribution is -2.27. The van der Waals surface area contributed by atoms with Gasteiger partial charge in [-0.15, -0.1) is 10.2 Å². The van der Waals surface area contributed by atoms with E-state index in [1.165, 1.54) is 11.8 Å². The number of hydrogen-bond acceptors (Lipinski definition) is 5. The largest absolute Gasteiger partial charge is 0.355 e. The molecule has 6 nitrogen and oxygen atoms in total. The van der Waals surface area contributed by atoms with Crippen molar-refractivity contribution in [3.8, 4) is 17.1 Å². The van der Waals surface area contributed by atoms with Crippen LogP contribution in [0.25, 0.3) is 17.1 Å². The van der Waals surface area contributed by atoms with Crippen molar-refractivity contribution in [2.75, 3.05) is 12.3 Å². The van der Waals surface area contributed by atoms with Gasteiger partial charge in [-0.3, -0.25) is 14.3 Å². The molecule has 29 heavy (non-hydrogen) atoms. The van der Waals surface area contributed by atoms with Crippen molar-refractivity contribution in [2.24, 2.45) is 5.92 Å². The van der Waals surface area contributed by atoms with Crippen molar-refractivity contribution >= 4 is 29.3 Å². The van der Waals surface area contributed by atoms with Crippen molar-refractivity contribution in [1.29, 1.82) is 0 Å². The molecule has 0 fully saturated rings. The minimum absolute atomic E-state index is 0.0153. The van der Waals surface area contributed by atoms with Gasteiger partial charge in [-0.1, -0.05) is 43.3 Å². The first-order chi connectivity index (χ1) is 14.0. The molecule has 8 heteroatoms. The van der Waals surface area contributed by atoms with Gasteiger partial charge in [-0.2, -0.15) is 0 Å². The number of rotatable bonds is 8. The van der Waals surface area contributed by atoms with Crippen LogP contribution < -0.4 is 5.32 Å². The summed E-state index contributed by atoms with van der Waals surface area (Å²) >= 11 is 7.71. The van der Waals surface area contributed by atoms with E-state index in [1.54, 1.807) is 12.4 Å². The van der Waals surface area contributed by atoms with E-state index >= 15 is 0 Å². The van der Waals surface area contributed by atoms with Crippen molar-refractivity contribution < 1.29 is 4.79 Å². The molecule has 2 heterocycles. The smallest absolute Gasteiger partial charge is 0.230 e. The Morgan fingerprint density at radius 2 is 1.97 bits per heavy atom. The van der Waals surface area contributed by atoms with Crippen LogP contribution in [0.2, 0.25) is 5.02 Å². The van der Waals surface area contributed by atoms with Crippen LogP contribution in [0.4, 0.5) is 0 Å². The van der Waals surface area contributed by atoms with Gasteiger partial charge in [0, 0.05) is 29.5 Å². The number of halogens is 1. The number of aromatic nitrogens is 4. The van der Waals surface area contributed by atoms with Gasteiger partial charge in [-0.25, -0.2) is 0 Å². The second-order valence-electron chi connectivity index (χ2n) is 7.08. The van der Waals surface area contributed by atoms with Crippen LogP contribution in [0, 0.1) is 12.8 Å². The number of pyridine rings is 1. The van der Waals surface area contributed by atoms with Gasteiger partial charge in [0.2, 0.25) is 5.91 Å². The number of benzene rings is 1. The van der Waals surface area contributed by atoms with Gasteiger partial charge in [0.15, 0.2) is 11.0 Å². The highest BCUT2D eigenvalue weighted by Crippen LogP contribution is 2.31. The Bertz CT molecular complexity index is 974. The van der Waals surface area contributed by atoms with Crippen molar-refractivity contribution in [3.63, 3.8) is 0 Å². The van der Waals surface area contributed by atoms with Crippen LogP contribution in [0.1, 0.15) is 25.8 Å². The minimum Gasteiger partial charge on any atom is -0.355 e. The third-order valence-electron chi connectivity index (χ3n) is 4.43. The standard InChI is InChI=1S/C21H24ClN5OS/c1-14(2)7-12-24-19(28)13-29-21-26-25-20(16-8-10-23-11-9-16)27(21)18-6-4-5-17(22)15(18)3/h4-6,8-11,14H,7,12-13H2,1-3H3,(H,24,28). The molecule has 0 bridgehead atoms. The van der Waals surface area contributed by atoms with E-state index < -0.39 is 0 Å². The Morgan fingerprint density at radius 3 is 2.69 bits per heavy atom. The van der Waals surface area contributed by atoms with E-state index in [4.69, 9.17) is 11.6 Å². The number of hydrogen-bond donors (Lipinski definition) is 1. The van der Waals surface area contributed by atoms with Crippen LogP contribution in [0.5, 0.6) is 0 Å². The fourth-order valence-electron chi connectivity index (χ4n) is 2.79. The average molecular weight is 430 g/mol. The molecule has 0 aliphatic carbocycles. The van der Waals surface area contributed by atoms with E-state index in [0.717, 1.165) is 23.2 Å². The highest BCUT2D eigenvalue weighted by molar-refractivity contribution is 7.99. The Hall–Kier alpha value is -2.38. The molecule has 0 saturated heterocycles. The average Bonchev–Trinajstić information content (AvgIpc) is 3.12. The maximum absolute atomic E-state index is 12.2. The number of nitrogens with one attached hydrogen (secondary N) is 1. The molecule has 3 aromatic rings. The predicted octanol–water partition coefficient (Wildman–Crippen LogP) is 4.55. The van der Waals surface area contributed by atoms with Crippen LogP contribution in [0.15, 0.2) is 47.9 Å². The lowest BCUT2D eigenvalue weighted by Gasteiger charge is -2.14. The summed E-state index contributed by atoms with van der Waals surface area (Å²) in [5.74, 6) is 1.49. The first-order valence-corrected chi connectivity index (χ1v) is 10.8. The van der Waals surface area contributed by atoms with Gasteiger partial charge in [0.05, 0.1) is 11.4 Å². The molecule has 0 atom stereocenters. The number of nitrogens with zero attached hydrogens (tertiary/aromatic N) is 4. The van der Waals surface area contributed by atoms with Crippen LogP contribution >= 0.6 is 23.4 Å². The Balaban J connectivity index is 1.89. The monoisotopic (exact) mass is 429 g/mol. The summed E-state index contributed by atoms with van der Waals surface area (Å²) in [4.78, 5) is 16.3. The van der Waals surface area contributed by atoms with Crippen molar-refractivity contribution in [3.05, 3.63) is 53.3 Å². The van der Waals surface area contributed by atoms with E-state index in [9.17, 15) is 4.79 Å². The lowest BCUT2D eigenvalue weighted by atomic mass is 10.1. The van der Waals surface area contributed by atoms with E-state index in [0.29, 0.717) is 28.5 Å². The zero-order valence-corrected chi connectivity index (χ0v) is 18.3. The molecule has 152 valence electrons. The van der Waals surface area contributed by atoms with Gasteiger partial charge in [-0.05, 0) is 49.1 Å². The molecule has 0 aliphatic heterocycles. The zero-order valence-electron chi connectivity index (χ0n) is 16.7. The molecule has 0 saturated carbocycles. The second kappa shape index (κ2) is 9.89. The summed E-state index contributed by atoms with van der Waals surface area (Å²) in [6.07, 6.45) is 4.39. The second-order valence-corrected chi connectivity index (χ2v) is 8.43. The minimum atomic E-state index is -0.0153. The molecule has 0 aliphatic rings. The van der Waals surface area contributed by atoms with Crippen LogP contribution in [0.3, 0.4) is 0 Å². The molecule has 3 rings (SSSR count). The maximum atomic E-state index is 12.2. The third-order valence-corrected chi connectivity index (χ3v) is 5.77.